The van der Waals surface area contributed by atoms with Gasteiger partial charge in [0.1, 0.15) is 4.60 Å². The maximum atomic E-state index is 12.9. The molecular formula is C16H15BrF3N5O4. The van der Waals surface area contributed by atoms with Crippen LogP contribution >= 0.6 is 15.9 Å². The number of carbonyl (C=O) groups is 2. The van der Waals surface area contributed by atoms with Gasteiger partial charge in [-0.15, -0.1) is 0 Å². The van der Waals surface area contributed by atoms with E-state index < -0.39 is 50.5 Å². The fourth-order valence-electron chi connectivity index (χ4n) is 2.33. The summed E-state index contributed by atoms with van der Waals surface area (Å²) in [5, 5.41) is 21.9. The zero-order valence-corrected chi connectivity index (χ0v) is 16.3. The molecule has 0 saturated carbocycles. The standard InChI is InChI=1S/C16H15BrF3N5O4/c1-8(9-5-3-2-4-6-9)25(29,15(27)28)24-23-14(26)12-11(21)7-10(13(17)22-12)16(18,19)20/h2-8,29H,1H3,(H4-,21,22,23,24,26,27,28). The Bertz CT molecular complexity index is 929. The molecule has 0 bridgehead atoms. The molecule has 0 aliphatic rings. The first-order chi connectivity index (χ1) is 13.4. The summed E-state index contributed by atoms with van der Waals surface area (Å²) in [6.07, 6.45) is -6.76. The van der Waals surface area contributed by atoms with Crippen LogP contribution in [0, 0.1) is 0 Å². The van der Waals surface area contributed by atoms with Crippen molar-refractivity contribution in [2.24, 2.45) is 0 Å². The normalized spacial score (nSPS) is 14.7. The molecule has 5 N–H and O–H groups in total. The Hall–Kier alpha value is -2.74. The van der Waals surface area contributed by atoms with Crippen LogP contribution in [0.3, 0.4) is 0 Å². The molecule has 0 saturated heterocycles. The second kappa shape index (κ2) is 8.32. The van der Waals surface area contributed by atoms with Gasteiger partial charge >= 0.3 is 12.3 Å². The summed E-state index contributed by atoms with van der Waals surface area (Å²) >= 11 is 2.61. The molecule has 2 rings (SSSR count). The molecule has 0 fully saturated rings. The zero-order valence-electron chi connectivity index (χ0n) is 14.7. The highest BCUT2D eigenvalue weighted by Gasteiger charge is 2.39. The number of amides is 2. The third-order valence-corrected chi connectivity index (χ3v) is 4.59. The molecule has 156 valence electrons. The minimum atomic E-state index is -4.76. The summed E-state index contributed by atoms with van der Waals surface area (Å²) in [6.45, 7) is 1.34. The van der Waals surface area contributed by atoms with Crippen molar-refractivity contribution in [2.75, 3.05) is 5.73 Å². The van der Waals surface area contributed by atoms with Crippen LogP contribution in [0.25, 0.3) is 0 Å². The number of nitrogens with one attached hydrogen (secondary N) is 2. The Kier molecular flexibility index (Phi) is 6.47. The van der Waals surface area contributed by atoms with E-state index in [1.807, 2.05) is 11.0 Å². The van der Waals surface area contributed by atoms with E-state index in [-0.39, 0.29) is 0 Å². The predicted octanol–water partition coefficient (Wildman–Crippen LogP) is 1.90. The molecule has 2 unspecified atom stereocenters. The van der Waals surface area contributed by atoms with Crippen LogP contribution < -0.4 is 21.8 Å². The van der Waals surface area contributed by atoms with Crippen molar-refractivity contribution in [1.29, 1.82) is 0 Å². The number of nitrogen functional groups attached to an aromatic ring is 1. The van der Waals surface area contributed by atoms with Gasteiger partial charge in [0.05, 0.1) is 11.3 Å². The molecule has 2 amide bonds. The van der Waals surface area contributed by atoms with Crippen LogP contribution in [0.15, 0.2) is 41.0 Å². The molecule has 9 nitrogen and oxygen atoms in total. The van der Waals surface area contributed by atoms with E-state index >= 15 is 0 Å². The van der Waals surface area contributed by atoms with E-state index in [0.29, 0.717) is 11.6 Å². The van der Waals surface area contributed by atoms with Crippen LogP contribution in [-0.4, -0.2) is 26.9 Å². The lowest BCUT2D eigenvalue weighted by atomic mass is 10.1. The SMILES string of the molecule is CC(c1ccccc1)[N+](O)(NNC(=O)c1nc(Br)c(C(F)(F)F)cc1N)C(=O)[O-]. The van der Waals surface area contributed by atoms with E-state index in [0.717, 1.165) is 0 Å². The molecule has 0 aliphatic heterocycles. The van der Waals surface area contributed by atoms with E-state index in [1.54, 1.807) is 18.2 Å². The molecule has 1 aromatic heterocycles. The number of anilines is 1. The minimum absolute atomic E-state index is 0.385. The number of benzene rings is 1. The average Bonchev–Trinajstić information content (AvgIpc) is 2.66. The topological polar surface area (TPSA) is 140 Å². The van der Waals surface area contributed by atoms with Crippen molar-refractivity contribution in [2.45, 2.75) is 19.1 Å². The number of alkyl halides is 3. The van der Waals surface area contributed by atoms with Crippen LogP contribution in [-0.2, 0) is 6.18 Å². The van der Waals surface area contributed by atoms with E-state index in [1.165, 1.54) is 19.1 Å². The lowest BCUT2D eigenvalue weighted by molar-refractivity contribution is -1.11. The Balaban J connectivity index is 2.26. The smallest absolute Gasteiger partial charge is 0.419 e. The Labute approximate surface area is 170 Å². The number of hydrogen-bond donors (Lipinski definition) is 4. The number of quaternary nitrogens is 1. The number of halogens is 4. The maximum Gasteiger partial charge on any atom is 0.419 e. The van der Waals surface area contributed by atoms with Gasteiger partial charge < -0.3 is 15.6 Å². The number of carbonyl (C=O) groups excluding carboxylic acids is 2. The van der Waals surface area contributed by atoms with Crippen molar-refractivity contribution in [3.63, 3.8) is 0 Å². The van der Waals surface area contributed by atoms with Crippen LogP contribution in [0.4, 0.5) is 23.7 Å². The summed E-state index contributed by atoms with van der Waals surface area (Å²) < 4.78 is 35.9. The van der Waals surface area contributed by atoms with Crippen molar-refractivity contribution in [3.8, 4) is 0 Å². The largest absolute Gasteiger partial charge is 0.494 e. The van der Waals surface area contributed by atoms with Gasteiger partial charge in [0.2, 0.25) is 0 Å². The monoisotopic (exact) mass is 477 g/mol. The number of hydrogen-bond acceptors (Lipinski definition) is 7. The molecule has 1 heterocycles. The first kappa shape index (κ1) is 22.5. The molecule has 1 aromatic carbocycles. The van der Waals surface area contributed by atoms with Gasteiger partial charge in [-0.25, -0.2) is 10.4 Å². The third-order valence-electron chi connectivity index (χ3n) is 3.99. The van der Waals surface area contributed by atoms with E-state index in [9.17, 15) is 33.1 Å². The van der Waals surface area contributed by atoms with Crippen molar-refractivity contribution >= 4 is 33.6 Å². The highest BCUT2D eigenvalue weighted by Crippen LogP contribution is 2.35. The van der Waals surface area contributed by atoms with E-state index in [2.05, 4.69) is 20.9 Å². The second-order valence-corrected chi connectivity index (χ2v) is 6.62. The molecule has 0 radical (unpaired) electrons. The van der Waals surface area contributed by atoms with Crippen molar-refractivity contribution in [3.05, 3.63) is 57.8 Å². The number of carboxylic acid groups (broad SMARTS) is 1. The maximum absolute atomic E-state index is 12.9. The highest BCUT2D eigenvalue weighted by atomic mass is 79.9. The molecule has 2 aromatic rings. The first-order valence-corrected chi connectivity index (χ1v) is 8.66. The molecule has 0 spiro atoms. The number of hydroxylamine groups is 2. The lowest BCUT2D eigenvalue weighted by Crippen LogP contribution is -2.69. The van der Waals surface area contributed by atoms with Gasteiger partial charge in [0.25, 0.3) is 5.91 Å². The number of pyridine rings is 1. The first-order valence-electron chi connectivity index (χ1n) is 7.86. The van der Waals surface area contributed by atoms with Gasteiger partial charge in [-0.05, 0) is 39.2 Å². The molecule has 13 heteroatoms. The van der Waals surface area contributed by atoms with Gasteiger partial charge in [-0.2, -0.15) is 18.4 Å². The number of hydrazine groups is 1. The predicted molar refractivity (Wildman–Crippen MR) is 94.3 cm³/mol. The molecule has 0 aliphatic carbocycles. The average molecular weight is 478 g/mol. The number of nitrogens with zero attached hydrogens (tertiary/aromatic N) is 2. The van der Waals surface area contributed by atoms with E-state index in [4.69, 9.17) is 5.73 Å². The third kappa shape index (κ3) is 4.82. The minimum Gasteiger partial charge on any atom is -0.494 e. The second-order valence-electron chi connectivity index (χ2n) is 5.87. The molecule has 2 atom stereocenters. The van der Waals surface area contributed by atoms with Gasteiger partial charge in [0.15, 0.2) is 11.7 Å². The van der Waals surface area contributed by atoms with Crippen molar-refractivity contribution < 1.29 is 37.8 Å². The summed E-state index contributed by atoms with van der Waals surface area (Å²) in [7, 11) is 0. The molecule has 29 heavy (non-hydrogen) atoms. The Morgan fingerprint density at radius 2 is 1.90 bits per heavy atom. The van der Waals surface area contributed by atoms with Gasteiger partial charge in [-0.1, -0.05) is 30.3 Å². The van der Waals surface area contributed by atoms with Gasteiger partial charge in [-0.3, -0.25) is 4.79 Å². The number of nitrogens with two attached hydrogens (primary N) is 1. The van der Waals surface area contributed by atoms with Crippen LogP contribution in [0.1, 0.15) is 34.6 Å². The summed E-state index contributed by atoms with van der Waals surface area (Å²) in [4.78, 5) is 27.2. The lowest BCUT2D eigenvalue weighted by Gasteiger charge is -2.33. The molecular weight excluding hydrogens is 463 g/mol. The highest BCUT2D eigenvalue weighted by molar-refractivity contribution is 9.10. The number of aromatic nitrogens is 1. The summed E-state index contributed by atoms with van der Waals surface area (Å²) in [6, 6.07) is 7.31. The zero-order chi connectivity index (χ0) is 22.0. The van der Waals surface area contributed by atoms with Gasteiger partial charge in [0, 0.05) is 5.56 Å². The summed E-state index contributed by atoms with van der Waals surface area (Å²) in [5.74, 6) is -1.19. The fraction of sp³-hybridized carbons (Fsp3) is 0.188. The quantitative estimate of drug-likeness (QED) is 0.223. The Morgan fingerprint density at radius 1 is 1.31 bits per heavy atom. The summed E-state index contributed by atoms with van der Waals surface area (Å²) in [5.41, 5.74) is 7.17. The fourth-order valence-corrected chi connectivity index (χ4v) is 2.85. The number of rotatable bonds is 5. The van der Waals surface area contributed by atoms with Crippen LogP contribution in [0.5, 0.6) is 0 Å². The van der Waals surface area contributed by atoms with Crippen LogP contribution in [0.2, 0.25) is 0 Å². The van der Waals surface area contributed by atoms with Crippen molar-refractivity contribution in [1.82, 2.24) is 15.9 Å². The Morgan fingerprint density at radius 3 is 2.41 bits per heavy atom.